The van der Waals surface area contributed by atoms with Crippen LogP contribution in [0.15, 0.2) is 42.6 Å². The van der Waals surface area contributed by atoms with Crippen LogP contribution in [0.5, 0.6) is 0 Å². The van der Waals surface area contributed by atoms with E-state index in [2.05, 4.69) is 15.0 Å². The molecular weight excluding hydrogens is 259 g/mol. The highest BCUT2D eigenvalue weighted by Crippen LogP contribution is 2.23. The fourth-order valence-electron chi connectivity index (χ4n) is 1.86. The van der Waals surface area contributed by atoms with E-state index in [4.69, 9.17) is 0 Å². The van der Waals surface area contributed by atoms with Crippen molar-refractivity contribution in [2.75, 3.05) is 12.4 Å². The SMILES string of the molecule is COC(=O)c1cc(F)ccc1NC(C)c1ccccn1. The lowest BCUT2D eigenvalue weighted by molar-refractivity contribution is 0.0601. The van der Waals surface area contributed by atoms with Gasteiger partial charge >= 0.3 is 5.97 Å². The van der Waals surface area contributed by atoms with Crippen molar-refractivity contribution in [2.45, 2.75) is 13.0 Å². The van der Waals surface area contributed by atoms with Crippen molar-refractivity contribution in [2.24, 2.45) is 0 Å². The summed E-state index contributed by atoms with van der Waals surface area (Å²) < 4.78 is 17.9. The van der Waals surface area contributed by atoms with Crippen LogP contribution < -0.4 is 5.32 Å². The molecule has 1 aromatic carbocycles. The van der Waals surface area contributed by atoms with Gasteiger partial charge in [-0.05, 0) is 37.3 Å². The van der Waals surface area contributed by atoms with Crippen molar-refractivity contribution < 1.29 is 13.9 Å². The van der Waals surface area contributed by atoms with Crippen LogP contribution in [-0.4, -0.2) is 18.1 Å². The van der Waals surface area contributed by atoms with Gasteiger partial charge in [0, 0.05) is 11.9 Å². The average molecular weight is 274 g/mol. The van der Waals surface area contributed by atoms with Crippen LogP contribution >= 0.6 is 0 Å². The monoisotopic (exact) mass is 274 g/mol. The van der Waals surface area contributed by atoms with Gasteiger partial charge in [0.25, 0.3) is 0 Å². The summed E-state index contributed by atoms with van der Waals surface area (Å²) in [7, 11) is 1.26. The van der Waals surface area contributed by atoms with Crippen LogP contribution in [0.1, 0.15) is 29.0 Å². The minimum Gasteiger partial charge on any atom is -0.465 e. The Kier molecular flexibility index (Phi) is 4.30. The fourth-order valence-corrected chi connectivity index (χ4v) is 1.86. The molecule has 1 aromatic heterocycles. The molecule has 2 rings (SSSR count). The number of hydrogen-bond donors (Lipinski definition) is 1. The second-order valence-corrected chi connectivity index (χ2v) is 4.30. The van der Waals surface area contributed by atoms with Gasteiger partial charge in [-0.1, -0.05) is 6.07 Å². The lowest BCUT2D eigenvalue weighted by Gasteiger charge is -2.17. The molecule has 0 aliphatic carbocycles. The number of halogens is 1. The normalized spacial score (nSPS) is 11.8. The Bertz CT molecular complexity index is 602. The van der Waals surface area contributed by atoms with Gasteiger partial charge in [0.1, 0.15) is 5.82 Å². The number of carbonyl (C=O) groups excluding carboxylic acids is 1. The Morgan fingerprint density at radius 1 is 1.35 bits per heavy atom. The van der Waals surface area contributed by atoms with Crippen LogP contribution in [0.4, 0.5) is 10.1 Å². The molecule has 0 saturated carbocycles. The number of pyridine rings is 1. The summed E-state index contributed by atoms with van der Waals surface area (Å²) in [5.41, 5.74) is 1.50. The highest BCUT2D eigenvalue weighted by molar-refractivity contribution is 5.95. The molecule has 104 valence electrons. The van der Waals surface area contributed by atoms with Crippen molar-refractivity contribution >= 4 is 11.7 Å². The highest BCUT2D eigenvalue weighted by atomic mass is 19.1. The number of nitrogens with one attached hydrogen (secondary N) is 1. The molecular formula is C15H15FN2O2. The predicted octanol–water partition coefficient (Wildman–Crippen LogP) is 3.18. The number of carbonyl (C=O) groups is 1. The molecule has 0 amide bonds. The van der Waals surface area contributed by atoms with E-state index in [9.17, 15) is 9.18 Å². The zero-order valence-electron chi connectivity index (χ0n) is 11.3. The summed E-state index contributed by atoms with van der Waals surface area (Å²) in [6, 6.07) is 9.42. The number of aromatic nitrogens is 1. The molecule has 1 N–H and O–H groups in total. The predicted molar refractivity (Wildman–Crippen MR) is 74.0 cm³/mol. The zero-order valence-corrected chi connectivity index (χ0v) is 11.3. The van der Waals surface area contributed by atoms with Gasteiger partial charge in [-0.2, -0.15) is 0 Å². The first kappa shape index (κ1) is 14.0. The smallest absolute Gasteiger partial charge is 0.340 e. The maximum absolute atomic E-state index is 13.3. The Labute approximate surface area is 116 Å². The molecule has 0 spiro atoms. The van der Waals surface area contributed by atoms with Gasteiger partial charge < -0.3 is 10.1 Å². The van der Waals surface area contributed by atoms with E-state index in [0.29, 0.717) is 5.69 Å². The van der Waals surface area contributed by atoms with Crippen LogP contribution in [0.2, 0.25) is 0 Å². The second-order valence-electron chi connectivity index (χ2n) is 4.30. The Morgan fingerprint density at radius 2 is 2.15 bits per heavy atom. The molecule has 0 bridgehead atoms. The minimum atomic E-state index is -0.583. The van der Waals surface area contributed by atoms with Gasteiger partial charge in [-0.15, -0.1) is 0 Å². The number of benzene rings is 1. The maximum atomic E-state index is 13.3. The van der Waals surface area contributed by atoms with Gasteiger partial charge in [0.2, 0.25) is 0 Å². The van der Waals surface area contributed by atoms with Crippen molar-refractivity contribution in [1.82, 2.24) is 4.98 Å². The van der Waals surface area contributed by atoms with Crippen molar-refractivity contribution in [3.8, 4) is 0 Å². The van der Waals surface area contributed by atoms with Gasteiger partial charge in [0.05, 0.1) is 24.4 Å². The molecule has 0 saturated heterocycles. The standard InChI is InChI=1S/C15H15FN2O2/c1-10(13-5-3-4-8-17-13)18-14-7-6-11(16)9-12(14)15(19)20-2/h3-10,18H,1-2H3. The molecule has 1 heterocycles. The summed E-state index contributed by atoms with van der Waals surface area (Å²) in [6.07, 6.45) is 1.69. The van der Waals surface area contributed by atoms with Crippen LogP contribution in [-0.2, 0) is 4.74 Å². The van der Waals surface area contributed by atoms with Crippen LogP contribution in [0, 0.1) is 5.82 Å². The summed E-state index contributed by atoms with van der Waals surface area (Å²) in [5, 5.41) is 3.14. The van der Waals surface area contributed by atoms with Gasteiger partial charge in [0.15, 0.2) is 0 Å². The first-order valence-corrected chi connectivity index (χ1v) is 6.17. The molecule has 1 atom stereocenters. The van der Waals surface area contributed by atoms with E-state index in [1.165, 1.54) is 19.2 Å². The van der Waals surface area contributed by atoms with E-state index in [-0.39, 0.29) is 11.6 Å². The molecule has 5 heteroatoms. The van der Waals surface area contributed by atoms with Crippen LogP contribution in [0.3, 0.4) is 0 Å². The number of anilines is 1. The third-order valence-electron chi connectivity index (χ3n) is 2.89. The number of esters is 1. The van der Waals surface area contributed by atoms with E-state index < -0.39 is 11.8 Å². The van der Waals surface area contributed by atoms with Gasteiger partial charge in [-0.25, -0.2) is 9.18 Å². The van der Waals surface area contributed by atoms with E-state index in [1.54, 1.807) is 6.20 Å². The van der Waals surface area contributed by atoms with E-state index >= 15 is 0 Å². The fraction of sp³-hybridized carbons (Fsp3) is 0.200. The number of rotatable bonds is 4. The number of hydrogen-bond acceptors (Lipinski definition) is 4. The molecule has 0 aliphatic heterocycles. The molecule has 20 heavy (non-hydrogen) atoms. The molecule has 2 aromatic rings. The maximum Gasteiger partial charge on any atom is 0.340 e. The molecule has 0 radical (unpaired) electrons. The topological polar surface area (TPSA) is 51.2 Å². The quantitative estimate of drug-likeness (QED) is 0.870. The summed E-state index contributed by atoms with van der Waals surface area (Å²) in [6.45, 7) is 1.91. The largest absolute Gasteiger partial charge is 0.465 e. The average Bonchev–Trinajstić information content (AvgIpc) is 2.49. The van der Waals surface area contributed by atoms with E-state index in [1.807, 2.05) is 25.1 Å². The minimum absolute atomic E-state index is 0.120. The van der Waals surface area contributed by atoms with Crippen molar-refractivity contribution in [3.05, 3.63) is 59.7 Å². The molecule has 0 aliphatic rings. The number of nitrogens with zero attached hydrogens (tertiary/aromatic N) is 1. The third kappa shape index (κ3) is 3.12. The Balaban J connectivity index is 2.27. The first-order chi connectivity index (χ1) is 9.61. The first-order valence-electron chi connectivity index (χ1n) is 6.17. The van der Waals surface area contributed by atoms with Crippen LogP contribution in [0.25, 0.3) is 0 Å². The Hall–Kier alpha value is -2.43. The molecule has 1 unspecified atom stereocenters. The number of methoxy groups -OCH3 is 1. The molecule has 4 nitrogen and oxygen atoms in total. The lowest BCUT2D eigenvalue weighted by atomic mass is 10.1. The number of ether oxygens (including phenoxy) is 1. The highest BCUT2D eigenvalue weighted by Gasteiger charge is 2.15. The summed E-state index contributed by atoms with van der Waals surface area (Å²) in [4.78, 5) is 15.9. The Morgan fingerprint density at radius 3 is 2.80 bits per heavy atom. The zero-order chi connectivity index (χ0) is 14.5. The second kappa shape index (κ2) is 6.14. The van der Waals surface area contributed by atoms with E-state index in [0.717, 1.165) is 11.8 Å². The molecule has 0 fully saturated rings. The lowest BCUT2D eigenvalue weighted by Crippen LogP contribution is -2.13. The third-order valence-corrected chi connectivity index (χ3v) is 2.89. The summed E-state index contributed by atoms with van der Waals surface area (Å²) >= 11 is 0. The van der Waals surface area contributed by atoms with Crippen molar-refractivity contribution in [3.63, 3.8) is 0 Å². The van der Waals surface area contributed by atoms with Crippen molar-refractivity contribution in [1.29, 1.82) is 0 Å². The summed E-state index contributed by atoms with van der Waals surface area (Å²) in [5.74, 6) is -1.07. The van der Waals surface area contributed by atoms with Gasteiger partial charge in [-0.3, -0.25) is 4.98 Å².